The first-order chi connectivity index (χ1) is 9.54. The fraction of sp³-hybridized carbons (Fsp3) is 0.417. The second-order valence-electron chi connectivity index (χ2n) is 4.01. The second kappa shape index (κ2) is 7.95. The lowest BCUT2D eigenvalue weighted by Crippen LogP contribution is -2.31. The topological polar surface area (TPSA) is 129 Å². The van der Waals surface area contributed by atoms with Crippen molar-refractivity contribution >= 4 is 11.8 Å². The van der Waals surface area contributed by atoms with Crippen molar-refractivity contribution in [2.45, 2.75) is 13.0 Å². The maximum atomic E-state index is 11.9. The van der Waals surface area contributed by atoms with Crippen LogP contribution in [-0.4, -0.2) is 36.1 Å². The average Bonchev–Trinajstić information content (AvgIpc) is 2.42. The summed E-state index contributed by atoms with van der Waals surface area (Å²) in [6.07, 6.45) is 1.69. The molecule has 110 valence electrons. The standard InChI is InChI=1S/C12H18N4O4/c13-4-5-15-11(18)3-7-16-6-1-2-9(12(16)19)20-8-10(14)17/h1-2,6H,3-5,7-8,13H2,(H2,14,17)(H,15,18). The molecule has 0 aliphatic heterocycles. The number of ether oxygens (including phenoxy) is 1. The molecular formula is C12H18N4O4. The zero-order valence-corrected chi connectivity index (χ0v) is 11.0. The number of nitrogens with two attached hydrogens (primary N) is 2. The van der Waals surface area contributed by atoms with Gasteiger partial charge in [-0.15, -0.1) is 0 Å². The van der Waals surface area contributed by atoms with Gasteiger partial charge in [-0.25, -0.2) is 0 Å². The number of carbonyl (C=O) groups excluding carboxylic acids is 2. The number of pyridine rings is 1. The van der Waals surface area contributed by atoms with E-state index in [4.69, 9.17) is 16.2 Å². The molecule has 8 heteroatoms. The van der Waals surface area contributed by atoms with Crippen molar-refractivity contribution in [3.63, 3.8) is 0 Å². The molecule has 1 aromatic rings. The van der Waals surface area contributed by atoms with E-state index in [0.717, 1.165) is 0 Å². The Balaban J connectivity index is 2.62. The van der Waals surface area contributed by atoms with Gasteiger partial charge in [0.15, 0.2) is 12.4 Å². The molecule has 1 aromatic heterocycles. The molecule has 0 atom stereocenters. The Morgan fingerprint density at radius 2 is 2.15 bits per heavy atom. The number of primary amides is 1. The summed E-state index contributed by atoms with van der Waals surface area (Å²) in [5, 5.41) is 2.60. The monoisotopic (exact) mass is 282 g/mol. The predicted molar refractivity (Wildman–Crippen MR) is 72.1 cm³/mol. The first-order valence-electron chi connectivity index (χ1n) is 6.12. The van der Waals surface area contributed by atoms with Gasteiger partial charge in [0.25, 0.3) is 11.5 Å². The highest BCUT2D eigenvalue weighted by Crippen LogP contribution is 2.02. The first-order valence-corrected chi connectivity index (χ1v) is 6.12. The van der Waals surface area contributed by atoms with E-state index in [9.17, 15) is 14.4 Å². The molecule has 0 saturated carbocycles. The lowest BCUT2D eigenvalue weighted by Gasteiger charge is -2.08. The van der Waals surface area contributed by atoms with Gasteiger partial charge < -0.3 is 26.1 Å². The van der Waals surface area contributed by atoms with Crippen molar-refractivity contribution in [3.05, 3.63) is 28.7 Å². The molecule has 0 aromatic carbocycles. The van der Waals surface area contributed by atoms with Crippen LogP contribution in [0.4, 0.5) is 0 Å². The van der Waals surface area contributed by atoms with Gasteiger partial charge >= 0.3 is 0 Å². The number of hydrogen-bond donors (Lipinski definition) is 3. The van der Waals surface area contributed by atoms with Crippen LogP contribution in [0.2, 0.25) is 0 Å². The number of hydrogen-bond acceptors (Lipinski definition) is 5. The number of amides is 2. The summed E-state index contributed by atoms with van der Waals surface area (Å²) in [4.78, 5) is 34.0. The van der Waals surface area contributed by atoms with Crippen molar-refractivity contribution in [2.24, 2.45) is 11.5 Å². The third-order valence-corrected chi connectivity index (χ3v) is 2.40. The summed E-state index contributed by atoms with van der Waals surface area (Å²) < 4.78 is 6.32. The zero-order chi connectivity index (χ0) is 15.0. The fourth-order valence-corrected chi connectivity index (χ4v) is 1.47. The zero-order valence-electron chi connectivity index (χ0n) is 11.0. The van der Waals surface area contributed by atoms with Crippen molar-refractivity contribution in [1.82, 2.24) is 9.88 Å². The van der Waals surface area contributed by atoms with Crippen molar-refractivity contribution in [2.75, 3.05) is 19.7 Å². The van der Waals surface area contributed by atoms with Crippen LogP contribution in [0.25, 0.3) is 0 Å². The van der Waals surface area contributed by atoms with E-state index >= 15 is 0 Å². The molecule has 0 fully saturated rings. The molecule has 0 aliphatic carbocycles. The van der Waals surface area contributed by atoms with Crippen LogP contribution >= 0.6 is 0 Å². The van der Waals surface area contributed by atoms with E-state index < -0.39 is 11.5 Å². The number of nitrogens with zero attached hydrogens (tertiary/aromatic N) is 1. The molecule has 8 nitrogen and oxygen atoms in total. The van der Waals surface area contributed by atoms with Crippen molar-refractivity contribution in [3.8, 4) is 5.75 Å². The third-order valence-electron chi connectivity index (χ3n) is 2.40. The lowest BCUT2D eigenvalue weighted by molar-refractivity contribution is -0.121. The van der Waals surface area contributed by atoms with E-state index in [1.165, 1.54) is 16.8 Å². The number of aromatic nitrogens is 1. The molecule has 0 unspecified atom stereocenters. The van der Waals surface area contributed by atoms with Gasteiger partial charge in [-0.3, -0.25) is 14.4 Å². The number of nitrogens with one attached hydrogen (secondary N) is 1. The number of carbonyl (C=O) groups is 2. The molecule has 1 rings (SSSR count). The summed E-state index contributed by atoms with van der Waals surface area (Å²) in [7, 11) is 0. The maximum absolute atomic E-state index is 11.9. The lowest BCUT2D eigenvalue weighted by atomic mass is 10.3. The van der Waals surface area contributed by atoms with E-state index in [2.05, 4.69) is 5.32 Å². The third kappa shape index (κ3) is 5.11. The number of aryl methyl sites for hydroxylation is 1. The molecule has 1 heterocycles. The molecule has 0 aliphatic rings. The molecular weight excluding hydrogens is 264 g/mol. The smallest absolute Gasteiger partial charge is 0.292 e. The quantitative estimate of drug-likeness (QED) is 0.517. The summed E-state index contributed by atoms with van der Waals surface area (Å²) in [5.41, 5.74) is 9.78. The fourth-order valence-electron chi connectivity index (χ4n) is 1.47. The highest BCUT2D eigenvalue weighted by molar-refractivity contribution is 5.76. The Hall–Kier alpha value is -2.35. The van der Waals surface area contributed by atoms with Crippen LogP contribution < -0.4 is 27.1 Å². The van der Waals surface area contributed by atoms with Gasteiger partial charge in [0.05, 0.1) is 0 Å². The highest BCUT2D eigenvalue weighted by atomic mass is 16.5. The van der Waals surface area contributed by atoms with Gasteiger partial charge in [-0.05, 0) is 12.1 Å². The van der Waals surface area contributed by atoms with Crippen LogP contribution in [0.3, 0.4) is 0 Å². The van der Waals surface area contributed by atoms with Crippen molar-refractivity contribution < 1.29 is 14.3 Å². The maximum Gasteiger partial charge on any atom is 0.292 e. The Kier molecular flexibility index (Phi) is 6.24. The van der Waals surface area contributed by atoms with E-state index in [1.54, 1.807) is 6.07 Å². The van der Waals surface area contributed by atoms with Crippen LogP contribution in [0.15, 0.2) is 23.1 Å². The molecule has 0 saturated heterocycles. The Morgan fingerprint density at radius 3 is 2.80 bits per heavy atom. The van der Waals surface area contributed by atoms with Gasteiger partial charge in [-0.2, -0.15) is 0 Å². The summed E-state index contributed by atoms with van der Waals surface area (Å²) in [5.74, 6) is -0.833. The van der Waals surface area contributed by atoms with Crippen LogP contribution in [0.5, 0.6) is 5.75 Å². The van der Waals surface area contributed by atoms with E-state index in [1.807, 2.05) is 0 Å². The number of rotatable bonds is 8. The van der Waals surface area contributed by atoms with E-state index in [-0.39, 0.29) is 31.2 Å². The summed E-state index contributed by atoms with van der Waals surface area (Å²) >= 11 is 0. The highest BCUT2D eigenvalue weighted by Gasteiger charge is 2.07. The summed E-state index contributed by atoms with van der Waals surface area (Å²) in [6.45, 7) is 0.608. The predicted octanol–water partition coefficient (Wildman–Crippen LogP) is -1.82. The average molecular weight is 282 g/mol. The van der Waals surface area contributed by atoms with E-state index in [0.29, 0.717) is 13.1 Å². The van der Waals surface area contributed by atoms with Crippen LogP contribution in [0.1, 0.15) is 6.42 Å². The van der Waals surface area contributed by atoms with Gasteiger partial charge in [0.2, 0.25) is 5.91 Å². The molecule has 0 spiro atoms. The SMILES string of the molecule is NCCNC(=O)CCn1cccc(OCC(N)=O)c1=O. The van der Waals surface area contributed by atoms with Crippen LogP contribution in [-0.2, 0) is 16.1 Å². The minimum atomic E-state index is -0.666. The normalized spacial score (nSPS) is 10.1. The van der Waals surface area contributed by atoms with Gasteiger partial charge in [-0.1, -0.05) is 0 Å². The molecule has 5 N–H and O–H groups in total. The van der Waals surface area contributed by atoms with Gasteiger partial charge in [0.1, 0.15) is 0 Å². The second-order valence-corrected chi connectivity index (χ2v) is 4.01. The first kappa shape index (κ1) is 15.7. The van der Waals surface area contributed by atoms with Crippen LogP contribution in [0, 0.1) is 0 Å². The minimum absolute atomic E-state index is 0.0219. The molecule has 0 bridgehead atoms. The Morgan fingerprint density at radius 1 is 1.40 bits per heavy atom. The molecule has 2 amide bonds. The molecule has 20 heavy (non-hydrogen) atoms. The largest absolute Gasteiger partial charge is 0.478 e. The van der Waals surface area contributed by atoms with Crippen molar-refractivity contribution in [1.29, 1.82) is 0 Å². The molecule has 0 radical (unpaired) electrons. The Bertz CT molecular complexity index is 526. The Labute approximate surface area is 115 Å². The van der Waals surface area contributed by atoms with Gasteiger partial charge in [0, 0.05) is 32.3 Å². The minimum Gasteiger partial charge on any atom is -0.478 e. The summed E-state index contributed by atoms with van der Waals surface area (Å²) in [6, 6.07) is 3.03.